The fraction of sp³-hybridized carbons (Fsp3) is 0.900. The number of carbonyl (C=O) groups is 1. The van der Waals surface area contributed by atoms with Gasteiger partial charge in [0.25, 0.3) is 0 Å². The van der Waals surface area contributed by atoms with Gasteiger partial charge in [0.15, 0.2) is 0 Å². The Kier molecular flexibility index (Phi) is 2.28. The van der Waals surface area contributed by atoms with E-state index in [0.29, 0.717) is 6.04 Å². The zero-order valence-corrected chi connectivity index (χ0v) is 8.23. The molecule has 0 aromatic rings. The quantitative estimate of drug-likeness (QED) is 0.658. The van der Waals surface area contributed by atoms with Crippen molar-refractivity contribution in [1.82, 2.24) is 10.6 Å². The molecule has 1 aliphatic carbocycles. The van der Waals surface area contributed by atoms with Gasteiger partial charge in [0.2, 0.25) is 5.91 Å². The van der Waals surface area contributed by atoms with Crippen molar-refractivity contribution in [2.45, 2.75) is 38.6 Å². The molecule has 13 heavy (non-hydrogen) atoms. The van der Waals surface area contributed by atoms with E-state index < -0.39 is 0 Å². The Balaban J connectivity index is 1.90. The minimum absolute atomic E-state index is 0.152. The van der Waals surface area contributed by atoms with E-state index in [0.717, 1.165) is 25.9 Å². The molecule has 3 nitrogen and oxygen atoms in total. The molecule has 0 bridgehead atoms. The van der Waals surface area contributed by atoms with E-state index in [4.69, 9.17) is 0 Å². The fourth-order valence-electron chi connectivity index (χ4n) is 1.84. The molecule has 1 aliphatic heterocycles. The van der Waals surface area contributed by atoms with Crippen molar-refractivity contribution in [3.63, 3.8) is 0 Å². The smallest absolute Gasteiger partial charge is 0.227 e. The number of amides is 1. The van der Waals surface area contributed by atoms with Crippen molar-refractivity contribution in [1.29, 1.82) is 0 Å². The van der Waals surface area contributed by atoms with Gasteiger partial charge < -0.3 is 10.6 Å². The molecule has 0 aromatic carbocycles. The van der Waals surface area contributed by atoms with Crippen LogP contribution in [0, 0.1) is 5.41 Å². The molecule has 1 saturated heterocycles. The van der Waals surface area contributed by atoms with E-state index in [1.165, 1.54) is 12.8 Å². The molecule has 2 aliphatic rings. The molecule has 1 atom stereocenters. The second kappa shape index (κ2) is 3.29. The Morgan fingerprint density at radius 2 is 2.31 bits per heavy atom. The van der Waals surface area contributed by atoms with Crippen LogP contribution in [0.3, 0.4) is 0 Å². The van der Waals surface area contributed by atoms with Crippen LogP contribution >= 0.6 is 0 Å². The lowest BCUT2D eigenvalue weighted by molar-refractivity contribution is -0.131. The van der Waals surface area contributed by atoms with Gasteiger partial charge in [-0.3, -0.25) is 4.79 Å². The minimum atomic E-state index is -0.152. The summed E-state index contributed by atoms with van der Waals surface area (Å²) in [6, 6.07) is 0.492. The van der Waals surface area contributed by atoms with Gasteiger partial charge in [-0.1, -0.05) is 0 Å². The molecule has 1 unspecified atom stereocenters. The third kappa shape index (κ3) is 2.02. The lowest BCUT2D eigenvalue weighted by Gasteiger charge is -2.32. The number of rotatable bonds is 2. The summed E-state index contributed by atoms with van der Waals surface area (Å²) in [5.41, 5.74) is -0.152. The normalized spacial score (nSPS) is 34.2. The van der Waals surface area contributed by atoms with Gasteiger partial charge in [0.05, 0.1) is 5.41 Å². The van der Waals surface area contributed by atoms with Crippen molar-refractivity contribution < 1.29 is 4.79 Å². The van der Waals surface area contributed by atoms with Crippen molar-refractivity contribution in [2.24, 2.45) is 5.41 Å². The Bertz CT molecular complexity index is 205. The molecule has 0 spiro atoms. The van der Waals surface area contributed by atoms with Crippen molar-refractivity contribution in [2.75, 3.05) is 13.1 Å². The van der Waals surface area contributed by atoms with Crippen LogP contribution in [0.2, 0.25) is 0 Å². The SMILES string of the molecule is CC1(C(=O)NC2CC2)CCCNC1. The van der Waals surface area contributed by atoms with Gasteiger partial charge >= 0.3 is 0 Å². The molecule has 0 radical (unpaired) electrons. The van der Waals surface area contributed by atoms with Crippen LogP contribution in [0.4, 0.5) is 0 Å². The van der Waals surface area contributed by atoms with E-state index in [1.54, 1.807) is 0 Å². The van der Waals surface area contributed by atoms with Crippen LogP contribution in [-0.2, 0) is 4.79 Å². The topological polar surface area (TPSA) is 41.1 Å². The van der Waals surface area contributed by atoms with Gasteiger partial charge in [-0.05, 0) is 39.2 Å². The van der Waals surface area contributed by atoms with E-state index >= 15 is 0 Å². The molecule has 74 valence electrons. The molecule has 0 aromatic heterocycles. The number of carbonyl (C=O) groups excluding carboxylic acids is 1. The highest BCUT2D eigenvalue weighted by molar-refractivity contribution is 5.83. The monoisotopic (exact) mass is 182 g/mol. The molecule has 2 N–H and O–H groups in total. The molecule has 3 heteroatoms. The first-order valence-corrected chi connectivity index (χ1v) is 5.22. The summed E-state index contributed by atoms with van der Waals surface area (Å²) in [6.45, 7) is 3.97. The third-order valence-electron chi connectivity index (χ3n) is 3.06. The zero-order chi connectivity index (χ0) is 9.31. The lowest BCUT2D eigenvalue weighted by atomic mass is 9.82. The van der Waals surface area contributed by atoms with Crippen LogP contribution in [0.25, 0.3) is 0 Å². The van der Waals surface area contributed by atoms with Gasteiger partial charge in [0, 0.05) is 12.6 Å². The highest BCUT2D eigenvalue weighted by Crippen LogP contribution is 2.28. The van der Waals surface area contributed by atoms with Crippen LogP contribution in [-0.4, -0.2) is 25.0 Å². The minimum Gasteiger partial charge on any atom is -0.353 e. The van der Waals surface area contributed by atoms with Crippen LogP contribution in [0.15, 0.2) is 0 Å². The average Bonchev–Trinajstić information content (AvgIpc) is 2.89. The van der Waals surface area contributed by atoms with E-state index in [-0.39, 0.29) is 11.3 Å². The Morgan fingerprint density at radius 3 is 2.85 bits per heavy atom. The number of hydrogen-bond donors (Lipinski definition) is 2. The number of piperidine rings is 1. The summed E-state index contributed by atoms with van der Waals surface area (Å²) in [5, 5.41) is 6.37. The highest BCUT2D eigenvalue weighted by Gasteiger charge is 2.37. The van der Waals surface area contributed by atoms with Crippen LogP contribution in [0.1, 0.15) is 32.6 Å². The predicted molar refractivity (Wildman–Crippen MR) is 51.4 cm³/mol. The highest BCUT2D eigenvalue weighted by atomic mass is 16.2. The van der Waals surface area contributed by atoms with E-state index in [9.17, 15) is 4.79 Å². The summed E-state index contributed by atoms with van der Waals surface area (Å²) in [7, 11) is 0. The van der Waals surface area contributed by atoms with Crippen LogP contribution < -0.4 is 10.6 Å². The number of hydrogen-bond acceptors (Lipinski definition) is 2. The standard InChI is InChI=1S/C10H18N2O/c1-10(5-2-6-11-7-10)9(13)12-8-3-4-8/h8,11H,2-7H2,1H3,(H,12,13). The molecule has 1 saturated carbocycles. The maximum atomic E-state index is 11.8. The predicted octanol–water partition coefficient (Wildman–Crippen LogP) is 0.655. The van der Waals surface area contributed by atoms with Gasteiger partial charge in [-0.25, -0.2) is 0 Å². The molecule has 1 amide bonds. The van der Waals surface area contributed by atoms with Crippen molar-refractivity contribution in [3.05, 3.63) is 0 Å². The number of nitrogens with one attached hydrogen (secondary N) is 2. The molecular weight excluding hydrogens is 164 g/mol. The molecule has 2 rings (SSSR count). The molecular formula is C10H18N2O. The summed E-state index contributed by atoms with van der Waals surface area (Å²) in [5.74, 6) is 0.252. The van der Waals surface area contributed by atoms with Crippen molar-refractivity contribution >= 4 is 5.91 Å². The Labute approximate surface area is 79.3 Å². The maximum absolute atomic E-state index is 11.8. The van der Waals surface area contributed by atoms with Gasteiger partial charge in [-0.2, -0.15) is 0 Å². The Morgan fingerprint density at radius 1 is 1.54 bits per heavy atom. The summed E-state index contributed by atoms with van der Waals surface area (Å²) in [4.78, 5) is 11.8. The van der Waals surface area contributed by atoms with Gasteiger partial charge in [-0.15, -0.1) is 0 Å². The maximum Gasteiger partial charge on any atom is 0.227 e. The first-order chi connectivity index (χ1) is 6.21. The fourth-order valence-corrected chi connectivity index (χ4v) is 1.84. The second-order valence-corrected chi connectivity index (χ2v) is 4.59. The molecule has 2 fully saturated rings. The van der Waals surface area contributed by atoms with Crippen LogP contribution in [0.5, 0.6) is 0 Å². The largest absolute Gasteiger partial charge is 0.353 e. The van der Waals surface area contributed by atoms with Crippen molar-refractivity contribution in [3.8, 4) is 0 Å². The van der Waals surface area contributed by atoms with E-state index in [2.05, 4.69) is 17.6 Å². The second-order valence-electron chi connectivity index (χ2n) is 4.59. The average molecular weight is 182 g/mol. The molecule has 1 heterocycles. The summed E-state index contributed by atoms with van der Waals surface area (Å²) < 4.78 is 0. The lowest BCUT2D eigenvalue weighted by Crippen LogP contribution is -2.49. The Hall–Kier alpha value is -0.570. The van der Waals surface area contributed by atoms with Gasteiger partial charge in [0.1, 0.15) is 0 Å². The first-order valence-electron chi connectivity index (χ1n) is 5.22. The third-order valence-corrected chi connectivity index (χ3v) is 3.06. The van der Waals surface area contributed by atoms with E-state index in [1.807, 2.05) is 0 Å². The zero-order valence-electron chi connectivity index (χ0n) is 8.23. The first kappa shape index (κ1) is 9.00. The summed E-state index contributed by atoms with van der Waals surface area (Å²) in [6.07, 6.45) is 4.50. The summed E-state index contributed by atoms with van der Waals surface area (Å²) >= 11 is 0.